The first-order valence-electron chi connectivity index (χ1n) is 6.25. The van der Waals surface area contributed by atoms with Gasteiger partial charge in [-0.3, -0.25) is 9.59 Å². The van der Waals surface area contributed by atoms with Crippen LogP contribution < -0.4 is 0 Å². The number of amides is 1. The number of likely N-dealkylation sites (tertiary alicyclic amines) is 1. The Labute approximate surface area is 106 Å². The Morgan fingerprint density at radius 1 is 1.61 bits per heavy atom. The highest BCUT2D eigenvalue weighted by Crippen LogP contribution is 2.52. The predicted octanol–water partition coefficient (Wildman–Crippen LogP) is 0.350. The molecule has 0 N–H and O–H groups in total. The van der Waals surface area contributed by atoms with E-state index < -0.39 is 17.4 Å². The second kappa shape index (κ2) is 3.57. The number of hydrogen-bond donors (Lipinski definition) is 0. The summed E-state index contributed by atoms with van der Waals surface area (Å²) in [5, 5.41) is 0. The number of rotatable bonds is 2. The van der Waals surface area contributed by atoms with Crippen molar-refractivity contribution in [3.8, 4) is 0 Å². The molecule has 0 aromatic carbocycles. The molecule has 5 heteroatoms. The van der Waals surface area contributed by atoms with Gasteiger partial charge in [0.15, 0.2) is 0 Å². The summed E-state index contributed by atoms with van der Waals surface area (Å²) in [5.74, 6) is -1.25. The molecule has 0 aromatic heterocycles. The lowest BCUT2D eigenvalue weighted by Gasteiger charge is -2.24. The van der Waals surface area contributed by atoms with Crippen molar-refractivity contribution < 1.29 is 19.1 Å². The smallest absolute Gasteiger partial charge is 0.312 e. The van der Waals surface area contributed by atoms with Crippen LogP contribution >= 0.6 is 0 Å². The van der Waals surface area contributed by atoms with Crippen molar-refractivity contribution in [2.75, 3.05) is 13.7 Å². The summed E-state index contributed by atoms with van der Waals surface area (Å²) in [4.78, 5) is 26.1. The summed E-state index contributed by atoms with van der Waals surface area (Å²) >= 11 is 0. The highest BCUT2D eigenvalue weighted by Gasteiger charge is 2.67. The van der Waals surface area contributed by atoms with Gasteiger partial charge in [-0.2, -0.15) is 0 Å². The van der Waals surface area contributed by atoms with Crippen molar-refractivity contribution in [2.24, 2.45) is 11.8 Å². The topological polar surface area (TPSA) is 55.8 Å². The number of carbonyl (C=O) groups is 2. The van der Waals surface area contributed by atoms with Gasteiger partial charge in [0.1, 0.15) is 11.5 Å². The number of fused-ring (bicyclic) bond motifs is 1. The van der Waals surface area contributed by atoms with Crippen LogP contribution in [0.2, 0.25) is 0 Å². The zero-order chi connectivity index (χ0) is 13.1. The highest BCUT2D eigenvalue weighted by atomic mass is 16.5. The van der Waals surface area contributed by atoms with E-state index in [2.05, 4.69) is 0 Å². The Morgan fingerprint density at radius 3 is 2.94 bits per heavy atom. The zero-order valence-electron chi connectivity index (χ0n) is 10.8. The van der Waals surface area contributed by atoms with E-state index in [0.29, 0.717) is 6.54 Å². The molecule has 0 radical (unpaired) electrons. The number of esters is 1. The van der Waals surface area contributed by atoms with Crippen LogP contribution in [0.1, 0.15) is 13.8 Å². The van der Waals surface area contributed by atoms with Crippen LogP contribution in [-0.2, 0) is 19.1 Å². The number of nitrogens with zero attached hydrogens (tertiary/aromatic N) is 1. The molecular formula is C13H17NO4. The molecule has 2 fully saturated rings. The molecule has 1 amide bonds. The van der Waals surface area contributed by atoms with Gasteiger partial charge < -0.3 is 14.4 Å². The lowest BCUT2D eigenvalue weighted by molar-refractivity contribution is -0.151. The molecule has 98 valence electrons. The average molecular weight is 251 g/mol. The van der Waals surface area contributed by atoms with E-state index in [-0.39, 0.29) is 24.0 Å². The van der Waals surface area contributed by atoms with Crippen molar-refractivity contribution in [3.63, 3.8) is 0 Å². The van der Waals surface area contributed by atoms with Crippen molar-refractivity contribution >= 4 is 11.9 Å². The van der Waals surface area contributed by atoms with Gasteiger partial charge in [0.2, 0.25) is 5.91 Å². The molecule has 0 aromatic rings. The van der Waals surface area contributed by atoms with E-state index in [4.69, 9.17) is 9.47 Å². The van der Waals surface area contributed by atoms with Crippen LogP contribution in [0.3, 0.4) is 0 Å². The first-order chi connectivity index (χ1) is 8.50. The Kier molecular flexibility index (Phi) is 2.32. The minimum Gasteiger partial charge on any atom is -0.469 e. The molecule has 2 bridgehead atoms. The Balaban J connectivity index is 1.98. The molecule has 3 rings (SSSR count). The second-order valence-corrected chi connectivity index (χ2v) is 5.48. The molecule has 5 nitrogen and oxygen atoms in total. The third-order valence-electron chi connectivity index (χ3n) is 4.23. The van der Waals surface area contributed by atoms with Gasteiger partial charge >= 0.3 is 5.97 Å². The molecular weight excluding hydrogens is 234 g/mol. The first kappa shape index (κ1) is 11.7. The van der Waals surface area contributed by atoms with Crippen molar-refractivity contribution in [1.29, 1.82) is 0 Å². The lowest BCUT2D eigenvalue weighted by atomic mass is 9.77. The van der Waals surface area contributed by atoms with E-state index in [9.17, 15) is 9.59 Å². The fourth-order valence-corrected chi connectivity index (χ4v) is 3.37. The average Bonchev–Trinajstić information content (AvgIpc) is 2.96. The second-order valence-electron chi connectivity index (χ2n) is 5.48. The van der Waals surface area contributed by atoms with E-state index >= 15 is 0 Å². The molecule has 1 spiro atoms. The Morgan fingerprint density at radius 2 is 2.33 bits per heavy atom. The summed E-state index contributed by atoms with van der Waals surface area (Å²) in [6.07, 6.45) is 3.53. The van der Waals surface area contributed by atoms with Crippen LogP contribution in [-0.4, -0.2) is 48.2 Å². The van der Waals surface area contributed by atoms with Gasteiger partial charge in [0, 0.05) is 6.04 Å². The predicted molar refractivity (Wildman–Crippen MR) is 62.6 cm³/mol. The van der Waals surface area contributed by atoms with E-state index in [0.717, 1.165) is 0 Å². The highest BCUT2D eigenvalue weighted by molar-refractivity contribution is 5.91. The quantitative estimate of drug-likeness (QED) is 0.525. The van der Waals surface area contributed by atoms with Gasteiger partial charge in [-0.1, -0.05) is 12.2 Å². The maximum atomic E-state index is 12.4. The van der Waals surface area contributed by atoms with Crippen molar-refractivity contribution in [1.82, 2.24) is 4.90 Å². The number of carbonyl (C=O) groups excluding carboxylic acids is 2. The summed E-state index contributed by atoms with van der Waals surface area (Å²) < 4.78 is 10.7. The molecule has 0 aliphatic carbocycles. The molecule has 0 saturated carbocycles. The SMILES string of the molecule is COC(=O)[C@H]1[C@@H]2C=C[C@]3(CN(C(C)C)C(=O)[C@@H]13)O2. The monoisotopic (exact) mass is 251 g/mol. The molecule has 3 aliphatic rings. The summed E-state index contributed by atoms with van der Waals surface area (Å²) in [5.41, 5.74) is -0.606. The number of hydrogen-bond acceptors (Lipinski definition) is 4. The molecule has 4 atom stereocenters. The standard InChI is InChI=1S/C13H17NO4/c1-7(2)14-6-13-5-4-8(18-13)9(12(16)17-3)10(13)11(14)15/h4-5,7-10H,6H2,1-3H3/t8-,9-,10+,13+/m0/s1. The number of methoxy groups -OCH3 is 1. The normalized spacial score (nSPS) is 40.8. The fraction of sp³-hybridized carbons (Fsp3) is 0.692. The van der Waals surface area contributed by atoms with Gasteiger partial charge in [0.25, 0.3) is 0 Å². The third-order valence-corrected chi connectivity index (χ3v) is 4.23. The van der Waals surface area contributed by atoms with Crippen LogP contribution in [0, 0.1) is 11.8 Å². The molecule has 18 heavy (non-hydrogen) atoms. The van der Waals surface area contributed by atoms with Crippen LogP contribution in [0.25, 0.3) is 0 Å². The summed E-state index contributed by atoms with van der Waals surface area (Å²) in [6, 6.07) is 0.117. The zero-order valence-corrected chi connectivity index (χ0v) is 10.8. The maximum Gasteiger partial charge on any atom is 0.312 e. The Bertz CT molecular complexity index is 444. The van der Waals surface area contributed by atoms with Crippen LogP contribution in [0.5, 0.6) is 0 Å². The maximum absolute atomic E-state index is 12.4. The molecule has 3 aliphatic heterocycles. The largest absolute Gasteiger partial charge is 0.469 e. The van der Waals surface area contributed by atoms with Gasteiger partial charge in [-0.05, 0) is 13.8 Å². The van der Waals surface area contributed by atoms with E-state index in [1.54, 1.807) is 4.90 Å². The van der Waals surface area contributed by atoms with Crippen LogP contribution in [0.4, 0.5) is 0 Å². The summed E-state index contributed by atoms with van der Waals surface area (Å²) in [6.45, 7) is 4.48. The third kappa shape index (κ3) is 1.25. The Hall–Kier alpha value is -1.36. The molecule has 0 unspecified atom stereocenters. The van der Waals surface area contributed by atoms with Crippen molar-refractivity contribution in [2.45, 2.75) is 31.6 Å². The van der Waals surface area contributed by atoms with Crippen LogP contribution in [0.15, 0.2) is 12.2 Å². The first-order valence-corrected chi connectivity index (χ1v) is 6.25. The van der Waals surface area contributed by atoms with E-state index in [1.165, 1.54) is 7.11 Å². The van der Waals surface area contributed by atoms with Crippen molar-refractivity contribution in [3.05, 3.63) is 12.2 Å². The summed E-state index contributed by atoms with van der Waals surface area (Å²) in [7, 11) is 1.35. The number of ether oxygens (including phenoxy) is 2. The van der Waals surface area contributed by atoms with Gasteiger partial charge in [-0.15, -0.1) is 0 Å². The van der Waals surface area contributed by atoms with Gasteiger partial charge in [-0.25, -0.2) is 0 Å². The molecule has 2 saturated heterocycles. The lowest BCUT2D eigenvalue weighted by Crippen LogP contribution is -2.40. The van der Waals surface area contributed by atoms with Gasteiger partial charge in [0.05, 0.1) is 25.7 Å². The minimum absolute atomic E-state index is 0.00671. The van der Waals surface area contributed by atoms with E-state index in [1.807, 2.05) is 26.0 Å². The molecule has 3 heterocycles. The minimum atomic E-state index is -0.606. The fourth-order valence-electron chi connectivity index (χ4n) is 3.37.